The first-order valence-corrected chi connectivity index (χ1v) is 10.2. The van der Waals surface area contributed by atoms with Gasteiger partial charge in [0.15, 0.2) is 0 Å². The maximum atomic E-state index is 12.1. The Morgan fingerprint density at radius 2 is 1.67 bits per heavy atom. The lowest BCUT2D eigenvalue weighted by Crippen LogP contribution is -2.37. The Hall–Kier alpha value is -2.22. The van der Waals surface area contributed by atoms with Crippen molar-refractivity contribution < 1.29 is 9.53 Å². The van der Waals surface area contributed by atoms with Gasteiger partial charge in [-0.25, -0.2) is 0 Å². The Morgan fingerprint density at radius 3 is 2.37 bits per heavy atom. The molecule has 0 radical (unpaired) electrons. The molecule has 1 fully saturated rings. The number of morpholine rings is 1. The molecule has 1 saturated heterocycles. The third-order valence-corrected chi connectivity index (χ3v) is 5.01. The fourth-order valence-corrected chi connectivity index (χ4v) is 3.39. The quantitative estimate of drug-likeness (QED) is 0.549. The predicted molar refractivity (Wildman–Crippen MR) is 110 cm³/mol. The van der Waals surface area contributed by atoms with Crippen LogP contribution in [-0.4, -0.2) is 55.2 Å². The SMILES string of the molecule is O=C(CSCCN1CCOCC1)Nc1ccc(N=Nc2ccccc2)cc1. The van der Waals surface area contributed by atoms with Crippen molar-refractivity contribution in [1.82, 2.24) is 4.90 Å². The molecule has 2 aromatic carbocycles. The summed E-state index contributed by atoms with van der Waals surface area (Å²) in [5.74, 6) is 1.42. The van der Waals surface area contributed by atoms with Crippen LogP contribution in [0.25, 0.3) is 0 Å². The fraction of sp³-hybridized carbons (Fsp3) is 0.350. The first kappa shape index (κ1) is 19.5. The first-order valence-electron chi connectivity index (χ1n) is 9.04. The molecule has 7 heteroatoms. The van der Waals surface area contributed by atoms with Crippen molar-refractivity contribution in [2.75, 3.05) is 49.7 Å². The molecular weight excluding hydrogens is 360 g/mol. The molecule has 1 N–H and O–H groups in total. The second kappa shape index (κ2) is 10.8. The highest BCUT2D eigenvalue weighted by Crippen LogP contribution is 2.20. The number of hydrogen-bond donors (Lipinski definition) is 1. The lowest BCUT2D eigenvalue weighted by molar-refractivity contribution is -0.113. The van der Waals surface area contributed by atoms with Crippen molar-refractivity contribution in [2.45, 2.75) is 0 Å². The number of thioether (sulfide) groups is 1. The van der Waals surface area contributed by atoms with Crippen molar-refractivity contribution in [3.8, 4) is 0 Å². The Morgan fingerprint density at radius 1 is 1.00 bits per heavy atom. The van der Waals surface area contributed by atoms with E-state index in [0.717, 1.165) is 55.7 Å². The second-order valence-corrected chi connectivity index (χ2v) is 7.24. The number of rotatable bonds is 8. The van der Waals surface area contributed by atoms with E-state index in [1.165, 1.54) is 0 Å². The van der Waals surface area contributed by atoms with Crippen LogP contribution in [0.3, 0.4) is 0 Å². The zero-order valence-electron chi connectivity index (χ0n) is 15.2. The van der Waals surface area contributed by atoms with Crippen LogP contribution in [0.5, 0.6) is 0 Å². The summed E-state index contributed by atoms with van der Waals surface area (Å²) >= 11 is 1.66. The minimum absolute atomic E-state index is 0.0145. The zero-order valence-corrected chi connectivity index (χ0v) is 16.0. The van der Waals surface area contributed by atoms with E-state index in [1.807, 2.05) is 54.6 Å². The average Bonchev–Trinajstić information content (AvgIpc) is 2.72. The Labute approximate surface area is 164 Å². The summed E-state index contributed by atoms with van der Waals surface area (Å²) < 4.78 is 5.33. The Balaban J connectivity index is 1.37. The summed E-state index contributed by atoms with van der Waals surface area (Å²) in [6.45, 7) is 4.60. The fourth-order valence-electron chi connectivity index (χ4n) is 2.60. The number of amides is 1. The lowest BCUT2D eigenvalue weighted by Gasteiger charge is -2.26. The summed E-state index contributed by atoms with van der Waals surface area (Å²) in [5.41, 5.74) is 2.33. The highest BCUT2D eigenvalue weighted by atomic mass is 32.2. The highest BCUT2D eigenvalue weighted by Gasteiger charge is 2.10. The van der Waals surface area contributed by atoms with E-state index in [4.69, 9.17) is 4.74 Å². The van der Waals surface area contributed by atoms with E-state index in [2.05, 4.69) is 20.4 Å². The number of nitrogens with zero attached hydrogens (tertiary/aromatic N) is 3. The van der Waals surface area contributed by atoms with Crippen LogP contribution in [0.4, 0.5) is 17.1 Å². The minimum atomic E-state index is 0.0145. The third-order valence-electron chi connectivity index (χ3n) is 4.08. The molecule has 1 amide bonds. The average molecular weight is 385 g/mol. The van der Waals surface area contributed by atoms with Gasteiger partial charge in [0.25, 0.3) is 0 Å². The molecule has 0 aromatic heterocycles. The summed E-state index contributed by atoms with van der Waals surface area (Å²) in [5, 5.41) is 11.3. The van der Waals surface area contributed by atoms with Gasteiger partial charge >= 0.3 is 0 Å². The van der Waals surface area contributed by atoms with Gasteiger partial charge in [-0.2, -0.15) is 22.0 Å². The van der Waals surface area contributed by atoms with Crippen LogP contribution in [0.2, 0.25) is 0 Å². The molecule has 0 saturated carbocycles. The monoisotopic (exact) mass is 384 g/mol. The maximum Gasteiger partial charge on any atom is 0.234 e. The van der Waals surface area contributed by atoms with E-state index >= 15 is 0 Å². The zero-order chi connectivity index (χ0) is 18.7. The maximum absolute atomic E-state index is 12.1. The van der Waals surface area contributed by atoms with Gasteiger partial charge in [-0.05, 0) is 36.4 Å². The van der Waals surface area contributed by atoms with Crippen LogP contribution >= 0.6 is 11.8 Å². The summed E-state index contributed by atoms with van der Waals surface area (Å²) in [7, 11) is 0. The first-order chi connectivity index (χ1) is 13.3. The van der Waals surface area contributed by atoms with Gasteiger partial charge in [-0.3, -0.25) is 9.69 Å². The molecule has 2 aromatic rings. The Kier molecular flexibility index (Phi) is 7.83. The normalized spacial score (nSPS) is 15.1. The molecule has 1 aliphatic heterocycles. The topological polar surface area (TPSA) is 66.3 Å². The van der Waals surface area contributed by atoms with E-state index in [1.54, 1.807) is 11.8 Å². The van der Waals surface area contributed by atoms with Crippen molar-refractivity contribution in [2.24, 2.45) is 10.2 Å². The predicted octanol–water partition coefficient (Wildman–Crippen LogP) is 4.11. The number of anilines is 1. The molecule has 1 aliphatic rings. The van der Waals surface area contributed by atoms with Crippen molar-refractivity contribution >= 4 is 34.7 Å². The number of azo groups is 1. The lowest BCUT2D eigenvalue weighted by atomic mass is 10.3. The molecule has 0 atom stereocenters. The highest BCUT2D eigenvalue weighted by molar-refractivity contribution is 7.99. The van der Waals surface area contributed by atoms with Crippen molar-refractivity contribution in [3.05, 3.63) is 54.6 Å². The van der Waals surface area contributed by atoms with Crippen LogP contribution < -0.4 is 5.32 Å². The number of nitrogens with one attached hydrogen (secondary N) is 1. The summed E-state index contributed by atoms with van der Waals surface area (Å²) in [6.07, 6.45) is 0. The van der Waals surface area contributed by atoms with E-state index < -0.39 is 0 Å². The van der Waals surface area contributed by atoms with E-state index in [-0.39, 0.29) is 5.91 Å². The number of ether oxygens (including phenoxy) is 1. The van der Waals surface area contributed by atoms with Gasteiger partial charge in [-0.1, -0.05) is 18.2 Å². The van der Waals surface area contributed by atoms with Crippen LogP contribution in [-0.2, 0) is 9.53 Å². The third kappa shape index (κ3) is 7.13. The second-order valence-electron chi connectivity index (χ2n) is 6.14. The molecule has 3 rings (SSSR count). The van der Waals surface area contributed by atoms with Gasteiger partial charge in [0.05, 0.1) is 30.3 Å². The van der Waals surface area contributed by atoms with Gasteiger partial charge < -0.3 is 10.1 Å². The number of carbonyl (C=O) groups is 1. The summed E-state index contributed by atoms with van der Waals surface area (Å²) in [6, 6.07) is 16.9. The van der Waals surface area contributed by atoms with Crippen LogP contribution in [0.1, 0.15) is 0 Å². The van der Waals surface area contributed by atoms with E-state index in [9.17, 15) is 4.79 Å². The van der Waals surface area contributed by atoms with Crippen LogP contribution in [0.15, 0.2) is 64.8 Å². The molecule has 142 valence electrons. The number of hydrogen-bond acceptors (Lipinski definition) is 6. The molecule has 0 unspecified atom stereocenters. The largest absolute Gasteiger partial charge is 0.379 e. The summed E-state index contributed by atoms with van der Waals surface area (Å²) in [4.78, 5) is 14.4. The molecule has 0 spiro atoms. The minimum Gasteiger partial charge on any atom is -0.379 e. The van der Waals surface area contributed by atoms with Gasteiger partial charge in [0.1, 0.15) is 0 Å². The van der Waals surface area contributed by atoms with Gasteiger partial charge in [0, 0.05) is 31.1 Å². The Bertz CT molecular complexity index is 731. The smallest absolute Gasteiger partial charge is 0.234 e. The number of benzene rings is 2. The molecule has 0 bridgehead atoms. The molecule has 27 heavy (non-hydrogen) atoms. The van der Waals surface area contributed by atoms with Crippen molar-refractivity contribution in [1.29, 1.82) is 0 Å². The van der Waals surface area contributed by atoms with Crippen molar-refractivity contribution in [3.63, 3.8) is 0 Å². The standard InChI is InChI=1S/C20H24N4O2S/c25-20(16-27-15-12-24-10-13-26-14-11-24)21-17-6-8-19(9-7-17)23-22-18-4-2-1-3-5-18/h1-9H,10-16H2,(H,21,25). The molecule has 6 nitrogen and oxygen atoms in total. The molecule has 1 heterocycles. The van der Waals surface area contributed by atoms with Gasteiger partial charge in [0.2, 0.25) is 5.91 Å². The molecular formula is C20H24N4O2S. The van der Waals surface area contributed by atoms with E-state index in [0.29, 0.717) is 5.75 Å². The van der Waals surface area contributed by atoms with Gasteiger partial charge in [-0.15, -0.1) is 0 Å². The van der Waals surface area contributed by atoms with Crippen LogP contribution in [0, 0.1) is 0 Å². The molecule has 0 aliphatic carbocycles. The number of carbonyl (C=O) groups excluding carboxylic acids is 1.